The zero-order valence-corrected chi connectivity index (χ0v) is 14.2. The van der Waals surface area contributed by atoms with Crippen LogP contribution in [0.4, 0.5) is 0 Å². The minimum atomic E-state index is -0.783. The minimum Gasteiger partial charge on any atom is -0.391 e. The van der Waals surface area contributed by atoms with Crippen LogP contribution in [0, 0.1) is 0 Å². The number of hydrogen-bond donors (Lipinski definition) is 2. The molecule has 24 heavy (non-hydrogen) atoms. The van der Waals surface area contributed by atoms with Gasteiger partial charge in [0.1, 0.15) is 0 Å². The van der Waals surface area contributed by atoms with E-state index in [1.807, 2.05) is 67.6 Å². The van der Waals surface area contributed by atoms with E-state index in [-0.39, 0.29) is 12.5 Å². The van der Waals surface area contributed by atoms with E-state index >= 15 is 0 Å². The molecule has 1 unspecified atom stereocenters. The molecule has 4 heteroatoms. The molecule has 0 spiro atoms. The molecule has 1 atom stereocenters. The summed E-state index contributed by atoms with van der Waals surface area (Å²) < 4.78 is 4.90. The van der Waals surface area contributed by atoms with Crippen molar-refractivity contribution < 1.29 is 14.6 Å². The average Bonchev–Trinajstić information content (AvgIpc) is 2.62. The SMILES string of the molecule is COCC(O)CCNC(=O)C(C)(c1ccccc1)c1ccccc1. The van der Waals surface area contributed by atoms with Crippen LogP contribution >= 0.6 is 0 Å². The second kappa shape index (κ2) is 8.62. The Bertz CT molecular complexity index is 588. The third-order valence-electron chi connectivity index (χ3n) is 4.28. The summed E-state index contributed by atoms with van der Waals surface area (Å²) in [5.74, 6) is -0.0792. The van der Waals surface area contributed by atoms with Gasteiger partial charge in [0.05, 0.1) is 18.1 Å². The molecule has 0 saturated carbocycles. The van der Waals surface area contributed by atoms with Crippen LogP contribution < -0.4 is 5.32 Å². The van der Waals surface area contributed by atoms with Crippen molar-refractivity contribution in [2.24, 2.45) is 0 Å². The van der Waals surface area contributed by atoms with Crippen molar-refractivity contribution in [1.29, 1.82) is 0 Å². The third-order valence-corrected chi connectivity index (χ3v) is 4.28. The molecule has 0 heterocycles. The lowest BCUT2D eigenvalue weighted by atomic mass is 9.75. The first kappa shape index (κ1) is 18.2. The second-order valence-corrected chi connectivity index (χ2v) is 6.01. The monoisotopic (exact) mass is 327 g/mol. The first-order chi connectivity index (χ1) is 11.6. The summed E-state index contributed by atoms with van der Waals surface area (Å²) in [7, 11) is 1.55. The van der Waals surface area contributed by atoms with Crippen molar-refractivity contribution in [3.63, 3.8) is 0 Å². The van der Waals surface area contributed by atoms with Gasteiger partial charge in [0.2, 0.25) is 5.91 Å². The van der Waals surface area contributed by atoms with Gasteiger partial charge in [0.25, 0.3) is 0 Å². The number of carbonyl (C=O) groups is 1. The Balaban J connectivity index is 2.19. The van der Waals surface area contributed by atoms with E-state index < -0.39 is 11.5 Å². The number of rotatable bonds is 8. The number of aliphatic hydroxyl groups is 1. The average molecular weight is 327 g/mol. The van der Waals surface area contributed by atoms with Crippen LogP contribution in [-0.2, 0) is 14.9 Å². The van der Waals surface area contributed by atoms with E-state index in [4.69, 9.17) is 4.74 Å². The van der Waals surface area contributed by atoms with Crippen molar-refractivity contribution in [2.45, 2.75) is 24.9 Å². The Morgan fingerprint density at radius 3 is 2.04 bits per heavy atom. The van der Waals surface area contributed by atoms with Crippen LogP contribution in [0.15, 0.2) is 60.7 Å². The van der Waals surface area contributed by atoms with Crippen LogP contribution in [-0.4, -0.2) is 37.4 Å². The molecular weight excluding hydrogens is 302 g/mol. The number of aliphatic hydroxyl groups excluding tert-OH is 1. The maximum Gasteiger partial charge on any atom is 0.234 e. The molecule has 4 nitrogen and oxygen atoms in total. The van der Waals surface area contributed by atoms with E-state index in [1.165, 1.54) is 0 Å². The molecule has 1 amide bonds. The fraction of sp³-hybridized carbons (Fsp3) is 0.350. The zero-order valence-electron chi connectivity index (χ0n) is 14.2. The van der Waals surface area contributed by atoms with Gasteiger partial charge in [0.15, 0.2) is 0 Å². The molecule has 128 valence electrons. The molecule has 0 aliphatic heterocycles. The van der Waals surface area contributed by atoms with Gasteiger partial charge in [-0.3, -0.25) is 4.79 Å². The first-order valence-corrected chi connectivity index (χ1v) is 8.15. The van der Waals surface area contributed by atoms with Gasteiger partial charge in [-0.25, -0.2) is 0 Å². The normalized spacial score (nSPS) is 12.6. The van der Waals surface area contributed by atoms with E-state index in [9.17, 15) is 9.90 Å². The van der Waals surface area contributed by atoms with Gasteiger partial charge in [-0.1, -0.05) is 60.7 Å². The van der Waals surface area contributed by atoms with Crippen molar-refractivity contribution >= 4 is 5.91 Å². The van der Waals surface area contributed by atoms with Gasteiger partial charge in [-0.15, -0.1) is 0 Å². The van der Waals surface area contributed by atoms with Crippen LogP contribution in [0.3, 0.4) is 0 Å². The molecular formula is C20H25NO3. The summed E-state index contributed by atoms with van der Waals surface area (Å²) in [4.78, 5) is 13.0. The smallest absolute Gasteiger partial charge is 0.234 e. The summed E-state index contributed by atoms with van der Waals surface area (Å²) in [5.41, 5.74) is 1.09. The number of amides is 1. The number of carbonyl (C=O) groups excluding carboxylic acids is 1. The number of methoxy groups -OCH3 is 1. The lowest BCUT2D eigenvalue weighted by Gasteiger charge is -2.30. The van der Waals surface area contributed by atoms with Crippen molar-refractivity contribution in [3.8, 4) is 0 Å². The highest BCUT2D eigenvalue weighted by Crippen LogP contribution is 2.32. The van der Waals surface area contributed by atoms with Crippen molar-refractivity contribution in [3.05, 3.63) is 71.8 Å². The molecule has 2 N–H and O–H groups in total. The van der Waals surface area contributed by atoms with Gasteiger partial charge in [-0.05, 0) is 24.5 Å². The fourth-order valence-electron chi connectivity index (χ4n) is 2.78. The topological polar surface area (TPSA) is 58.6 Å². The predicted molar refractivity (Wildman–Crippen MR) is 94.8 cm³/mol. The largest absolute Gasteiger partial charge is 0.391 e. The highest BCUT2D eigenvalue weighted by atomic mass is 16.5. The molecule has 2 rings (SSSR count). The summed E-state index contributed by atoms with van der Waals surface area (Å²) >= 11 is 0. The second-order valence-electron chi connectivity index (χ2n) is 6.01. The molecule has 2 aromatic carbocycles. The Hall–Kier alpha value is -2.17. The molecule has 0 radical (unpaired) electrons. The molecule has 0 aliphatic carbocycles. The van der Waals surface area contributed by atoms with Crippen LogP contribution in [0.25, 0.3) is 0 Å². The standard InChI is InChI=1S/C20H25NO3/c1-20(16-9-5-3-6-10-16,17-11-7-4-8-12-17)19(23)21-14-13-18(22)15-24-2/h3-12,18,22H,13-15H2,1-2H3,(H,21,23). The van der Waals surface area contributed by atoms with E-state index in [0.717, 1.165) is 11.1 Å². The summed E-state index contributed by atoms with van der Waals surface area (Å²) in [5, 5.41) is 12.7. The van der Waals surface area contributed by atoms with Gasteiger partial charge < -0.3 is 15.2 Å². The van der Waals surface area contributed by atoms with E-state index in [2.05, 4.69) is 5.32 Å². The number of nitrogens with one attached hydrogen (secondary N) is 1. The Morgan fingerprint density at radius 1 is 1.08 bits per heavy atom. The Morgan fingerprint density at radius 2 is 1.58 bits per heavy atom. The number of ether oxygens (including phenoxy) is 1. The molecule has 0 fully saturated rings. The van der Waals surface area contributed by atoms with Crippen molar-refractivity contribution in [1.82, 2.24) is 5.32 Å². The molecule has 0 bridgehead atoms. The lowest BCUT2D eigenvalue weighted by Crippen LogP contribution is -2.44. The van der Waals surface area contributed by atoms with Crippen LogP contribution in [0.5, 0.6) is 0 Å². The quantitative estimate of drug-likeness (QED) is 0.783. The van der Waals surface area contributed by atoms with Gasteiger partial charge >= 0.3 is 0 Å². The summed E-state index contributed by atoms with van der Waals surface area (Å²) in [6.45, 7) is 2.60. The zero-order chi connectivity index (χ0) is 17.4. The van der Waals surface area contributed by atoms with Gasteiger partial charge in [0, 0.05) is 13.7 Å². The third kappa shape index (κ3) is 4.22. The summed E-state index contributed by atoms with van der Waals surface area (Å²) in [6.07, 6.45) is -0.116. The highest BCUT2D eigenvalue weighted by molar-refractivity contribution is 5.91. The van der Waals surface area contributed by atoms with Crippen LogP contribution in [0.2, 0.25) is 0 Å². The summed E-state index contributed by atoms with van der Waals surface area (Å²) in [6, 6.07) is 19.5. The molecule has 0 aliphatic rings. The molecule has 0 aromatic heterocycles. The van der Waals surface area contributed by atoms with Gasteiger partial charge in [-0.2, -0.15) is 0 Å². The van der Waals surface area contributed by atoms with Crippen LogP contribution in [0.1, 0.15) is 24.5 Å². The lowest BCUT2D eigenvalue weighted by molar-refractivity contribution is -0.125. The minimum absolute atomic E-state index is 0.0792. The molecule has 0 saturated heterocycles. The number of benzene rings is 2. The van der Waals surface area contributed by atoms with Crippen molar-refractivity contribution in [2.75, 3.05) is 20.3 Å². The highest BCUT2D eigenvalue weighted by Gasteiger charge is 2.36. The van der Waals surface area contributed by atoms with E-state index in [0.29, 0.717) is 13.0 Å². The Kier molecular flexibility index (Phi) is 6.53. The molecule has 2 aromatic rings. The van der Waals surface area contributed by atoms with E-state index in [1.54, 1.807) is 7.11 Å². The number of hydrogen-bond acceptors (Lipinski definition) is 3. The maximum absolute atomic E-state index is 13.0. The fourth-order valence-corrected chi connectivity index (χ4v) is 2.78. The predicted octanol–water partition coefficient (Wildman–Crippen LogP) is 2.51. The maximum atomic E-state index is 13.0. The first-order valence-electron chi connectivity index (χ1n) is 8.15. The Labute approximate surface area is 143 Å².